The number of fused-ring (bicyclic) bond motifs is 1. The number of aliphatic hydroxyl groups is 1. The summed E-state index contributed by atoms with van der Waals surface area (Å²) in [4.78, 5) is 6.57. The average molecular weight is 786 g/mol. The van der Waals surface area contributed by atoms with Crippen LogP contribution in [0.5, 0.6) is 17.2 Å². The lowest BCUT2D eigenvalue weighted by Crippen LogP contribution is -2.62. The van der Waals surface area contributed by atoms with E-state index in [1.807, 2.05) is 36.4 Å². The van der Waals surface area contributed by atoms with Gasteiger partial charge in [0, 0.05) is 72.8 Å². The summed E-state index contributed by atoms with van der Waals surface area (Å²) in [5, 5.41) is 24.5. The first kappa shape index (κ1) is 38.0. The van der Waals surface area contributed by atoms with E-state index in [-0.39, 0.29) is 30.3 Å². The maximum atomic E-state index is 13.4. The van der Waals surface area contributed by atoms with Crippen LogP contribution in [0.15, 0.2) is 67.0 Å². The second-order valence-corrected chi connectivity index (χ2v) is 16.6. The van der Waals surface area contributed by atoms with E-state index < -0.39 is 6.17 Å². The van der Waals surface area contributed by atoms with Crippen molar-refractivity contribution in [3.05, 3.63) is 105 Å². The van der Waals surface area contributed by atoms with Gasteiger partial charge < -0.3 is 29.5 Å². The van der Waals surface area contributed by atoms with Gasteiger partial charge in [-0.2, -0.15) is 5.26 Å². The van der Waals surface area contributed by atoms with Gasteiger partial charge >= 0.3 is 0 Å². The number of benzene rings is 3. The molecule has 4 aromatic rings. The number of halogens is 3. The molecule has 11 heteroatoms. The number of hydrogen-bond donors (Lipinski definition) is 2. The van der Waals surface area contributed by atoms with Crippen LogP contribution < -0.4 is 19.5 Å². The lowest BCUT2D eigenvalue weighted by molar-refractivity contribution is -0.102. The van der Waals surface area contributed by atoms with Crippen molar-refractivity contribution in [1.29, 1.82) is 5.26 Å². The molecule has 0 radical (unpaired) electrons. The topological polar surface area (TPSA) is 99.9 Å². The number of nitrogens with one attached hydrogen (secondary N) is 1. The highest BCUT2D eigenvalue weighted by Gasteiger charge is 2.52. The number of nitriles is 1. The number of pyridine rings is 1. The number of hydrogen-bond acceptors (Lipinski definition) is 8. The third kappa shape index (κ3) is 8.45. The van der Waals surface area contributed by atoms with Gasteiger partial charge in [-0.05, 0) is 79.8 Å². The van der Waals surface area contributed by atoms with Gasteiger partial charge in [0.2, 0.25) is 0 Å². The van der Waals surface area contributed by atoms with E-state index in [0.29, 0.717) is 46.0 Å². The first-order valence-corrected chi connectivity index (χ1v) is 20.3. The molecule has 8 rings (SSSR count). The van der Waals surface area contributed by atoms with E-state index in [1.54, 1.807) is 12.3 Å². The van der Waals surface area contributed by atoms with E-state index in [9.17, 15) is 14.8 Å². The van der Waals surface area contributed by atoms with Gasteiger partial charge in [-0.15, -0.1) is 0 Å². The zero-order valence-corrected chi connectivity index (χ0v) is 32.4. The minimum absolute atomic E-state index is 0.00117. The van der Waals surface area contributed by atoms with Crippen LogP contribution >= 0.6 is 23.2 Å². The molecule has 3 fully saturated rings. The number of ether oxygens (including phenoxy) is 3. The standard InChI is InChI=1S/C44H47Cl2FN4O4/c45-36-17-30(24-50-37-9-1-2-10-38(37)52)41(54-25-29-16-28(21-48)22-49-23-29)18-42(36)55-39-13-12-33-32(6-3-7-34(33)39)35-8-4-11-40(43(35)46)53-15-5-14-51-26-44(27-51)19-31(47)20-44/h3-4,6-8,11,16-18,22-23,31,37-39,50,52H,1-2,5,9-10,12-15,19-20,24-27H2/t37-,38+,39+/m1/s1. The molecule has 0 bridgehead atoms. The third-order valence-corrected chi connectivity index (χ3v) is 12.4. The normalized spacial score (nSPS) is 21.7. The Kier molecular flexibility index (Phi) is 11.5. The molecule has 288 valence electrons. The van der Waals surface area contributed by atoms with Gasteiger partial charge in [0.1, 0.15) is 42.2 Å². The van der Waals surface area contributed by atoms with Gasteiger partial charge in [-0.1, -0.05) is 66.4 Å². The van der Waals surface area contributed by atoms with Crippen LogP contribution in [0.3, 0.4) is 0 Å². The maximum Gasteiger partial charge on any atom is 0.142 e. The second kappa shape index (κ2) is 16.7. The fraction of sp³-hybridized carbons (Fsp3) is 0.455. The van der Waals surface area contributed by atoms with Crippen molar-refractivity contribution in [2.45, 2.75) is 95.4 Å². The molecular formula is C44H47Cl2FN4O4. The van der Waals surface area contributed by atoms with Gasteiger partial charge in [0.15, 0.2) is 0 Å². The lowest BCUT2D eigenvalue weighted by Gasteiger charge is -2.57. The number of likely N-dealkylation sites (tertiary alicyclic amines) is 1. The Morgan fingerprint density at radius 3 is 2.60 bits per heavy atom. The lowest BCUT2D eigenvalue weighted by atomic mass is 9.62. The van der Waals surface area contributed by atoms with Crippen molar-refractivity contribution in [2.24, 2.45) is 5.41 Å². The average Bonchev–Trinajstić information content (AvgIpc) is 3.58. The van der Waals surface area contributed by atoms with Crippen molar-refractivity contribution in [3.8, 4) is 34.4 Å². The minimum atomic E-state index is -0.602. The Bertz CT molecular complexity index is 2040. The summed E-state index contributed by atoms with van der Waals surface area (Å²) in [6.07, 6.45) is 9.72. The van der Waals surface area contributed by atoms with E-state index in [2.05, 4.69) is 33.4 Å². The van der Waals surface area contributed by atoms with E-state index in [0.717, 1.165) is 105 Å². The largest absolute Gasteiger partial charge is 0.492 e. The Morgan fingerprint density at radius 2 is 1.78 bits per heavy atom. The fourth-order valence-corrected chi connectivity index (χ4v) is 9.47. The number of alkyl halides is 1. The van der Waals surface area contributed by atoms with E-state index in [1.165, 1.54) is 11.8 Å². The van der Waals surface area contributed by atoms with Crippen molar-refractivity contribution < 1.29 is 23.7 Å². The molecule has 2 saturated carbocycles. The van der Waals surface area contributed by atoms with Crippen LogP contribution in [0.1, 0.15) is 85.3 Å². The van der Waals surface area contributed by atoms with Crippen LogP contribution in [0.4, 0.5) is 4.39 Å². The summed E-state index contributed by atoms with van der Waals surface area (Å²) in [6, 6.07) is 19.8. The molecule has 1 aliphatic heterocycles. The highest BCUT2D eigenvalue weighted by molar-refractivity contribution is 6.35. The van der Waals surface area contributed by atoms with Crippen LogP contribution in [0.2, 0.25) is 10.0 Å². The second-order valence-electron chi connectivity index (χ2n) is 15.8. The number of aromatic nitrogens is 1. The predicted molar refractivity (Wildman–Crippen MR) is 212 cm³/mol. The smallest absolute Gasteiger partial charge is 0.142 e. The molecule has 1 aromatic heterocycles. The fourth-order valence-electron chi connectivity index (χ4n) is 8.96. The summed E-state index contributed by atoms with van der Waals surface area (Å²) < 4.78 is 32.6. The summed E-state index contributed by atoms with van der Waals surface area (Å²) in [7, 11) is 0. The SMILES string of the molecule is N#Cc1cncc(COc2cc(O[C@H]3CCc4c(-c5cccc(OCCCN6CC7(CC(F)C7)C6)c5Cl)cccc43)c(Cl)cc2CN[C@@H]2CCCC[C@@H]2O)c1. The summed E-state index contributed by atoms with van der Waals surface area (Å²) in [6.45, 7) is 4.19. The maximum absolute atomic E-state index is 13.4. The van der Waals surface area contributed by atoms with Gasteiger partial charge in [-0.25, -0.2) is 4.39 Å². The highest BCUT2D eigenvalue weighted by atomic mass is 35.5. The zero-order valence-electron chi connectivity index (χ0n) is 30.9. The molecule has 3 aliphatic carbocycles. The van der Waals surface area contributed by atoms with Crippen molar-refractivity contribution in [3.63, 3.8) is 0 Å². The number of aliphatic hydroxyl groups excluding tert-OH is 1. The number of nitrogens with zero attached hydrogens (tertiary/aromatic N) is 3. The molecule has 55 heavy (non-hydrogen) atoms. The number of rotatable bonds is 14. The first-order chi connectivity index (χ1) is 26.8. The highest BCUT2D eigenvalue weighted by Crippen LogP contribution is 2.50. The molecule has 0 unspecified atom stereocenters. The van der Waals surface area contributed by atoms with E-state index >= 15 is 0 Å². The van der Waals surface area contributed by atoms with Crippen LogP contribution in [-0.4, -0.2) is 59.5 Å². The zero-order chi connectivity index (χ0) is 37.9. The molecule has 2 heterocycles. The van der Waals surface area contributed by atoms with E-state index in [4.69, 9.17) is 37.4 Å². The molecule has 3 aromatic carbocycles. The monoisotopic (exact) mass is 784 g/mol. The Labute approximate surface area is 332 Å². The molecule has 8 nitrogen and oxygen atoms in total. The van der Waals surface area contributed by atoms with Crippen molar-refractivity contribution in [1.82, 2.24) is 15.2 Å². The van der Waals surface area contributed by atoms with Gasteiger partial charge in [0.25, 0.3) is 0 Å². The van der Waals surface area contributed by atoms with Crippen LogP contribution in [0, 0.1) is 16.7 Å². The van der Waals surface area contributed by atoms with Crippen molar-refractivity contribution >= 4 is 23.2 Å². The Balaban J connectivity index is 0.960. The minimum Gasteiger partial charge on any atom is -0.492 e. The summed E-state index contributed by atoms with van der Waals surface area (Å²) in [5.74, 6) is 1.80. The van der Waals surface area contributed by atoms with Crippen LogP contribution in [-0.2, 0) is 19.6 Å². The summed E-state index contributed by atoms with van der Waals surface area (Å²) in [5.41, 5.74) is 6.60. The first-order valence-electron chi connectivity index (χ1n) is 19.5. The van der Waals surface area contributed by atoms with Gasteiger partial charge in [0.05, 0.1) is 28.3 Å². The molecule has 1 spiro atoms. The molecule has 0 amide bonds. The summed E-state index contributed by atoms with van der Waals surface area (Å²) >= 11 is 14.0. The molecule has 3 atom stereocenters. The third-order valence-electron chi connectivity index (χ3n) is 11.8. The quantitative estimate of drug-likeness (QED) is 0.122. The van der Waals surface area contributed by atoms with Crippen LogP contribution in [0.25, 0.3) is 11.1 Å². The molecule has 4 aliphatic rings. The van der Waals surface area contributed by atoms with Gasteiger partial charge in [-0.3, -0.25) is 4.98 Å². The molecule has 1 saturated heterocycles. The Hall–Kier alpha value is -3.91. The Morgan fingerprint density at radius 1 is 0.964 bits per heavy atom. The van der Waals surface area contributed by atoms with Crippen molar-refractivity contribution in [2.75, 3.05) is 26.2 Å². The predicted octanol–water partition coefficient (Wildman–Crippen LogP) is 9.17. The molecule has 2 N–H and O–H groups in total. The molecular weight excluding hydrogens is 738 g/mol.